The number of nitrogens with one attached hydrogen (secondary N) is 1. The highest BCUT2D eigenvalue weighted by molar-refractivity contribution is 6.31. The first kappa shape index (κ1) is 11.7. The van der Waals surface area contributed by atoms with Crippen LogP contribution in [0.1, 0.15) is 6.92 Å². The van der Waals surface area contributed by atoms with Gasteiger partial charge in [0, 0.05) is 11.6 Å². The van der Waals surface area contributed by atoms with Crippen molar-refractivity contribution in [2.24, 2.45) is 5.92 Å². The van der Waals surface area contributed by atoms with Crippen molar-refractivity contribution in [2.75, 3.05) is 17.6 Å². The van der Waals surface area contributed by atoms with E-state index in [9.17, 15) is 4.79 Å². The van der Waals surface area contributed by atoms with Crippen molar-refractivity contribution < 1.29 is 9.90 Å². The van der Waals surface area contributed by atoms with E-state index in [1.807, 2.05) is 0 Å². The fourth-order valence-electron chi connectivity index (χ4n) is 1.04. The van der Waals surface area contributed by atoms with Crippen LogP contribution in [0, 0.1) is 5.92 Å². The van der Waals surface area contributed by atoms with Gasteiger partial charge >= 0.3 is 5.97 Å². The van der Waals surface area contributed by atoms with Crippen LogP contribution in [0.15, 0.2) is 18.2 Å². The van der Waals surface area contributed by atoms with Gasteiger partial charge in [0.15, 0.2) is 0 Å². The number of anilines is 2. The maximum Gasteiger partial charge on any atom is 0.308 e. The first-order chi connectivity index (χ1) is 7.00. The Morgan fingerprint density at radius 2 is 2.33 bits per heavy atom. The molecule has 0 aliphatic heterocycles. The second kappa shape index (κ2) is 4.89. The van der Waals surface area contributed by atoms with Gasteiger partial charge in [-0.3, -0.25) is 4.79 Å². The molecule has 0 aliphatic carbocycles. The number of hydrogen-bond donors (Lipinski definition) is 3. The molecule has 0 saturated heterocycles. The van der Waals surface area contributed by atoms with E-state index in [0.29, 0.717) is 22.9 Å². The van der Waals surface area contributed by atoms with Crippen molar-refractivity contribution in [3.05, 3.63) is 23.2 Å². The van der Waals surface area contributed by atoms with Crippen molar-refractivity contribution in [1.82, 2.24) is 0 Å². The monoisotopic (exact) mass is 228 g/mol. The lowest BCUT2D eigenvalue weighted by molar-refractivity contribution is -0.140. The average Bonchev–Trinajstić information content (AvgIpc) is 2.15. The van der Waals surface area contributed by atoms with Gasteiger partial charge in [-0.05, 0) is 18.2 Å². The van der Waals surface area contributed by atoms with Gasteiger partial charge in [-0.15, -0.1) is 0 Å². The van der Waals surface area contributed by atoms with Crippen LogP contribution in [0.25, 0.3) is 0 Å². The third-order valence-electron chi connectivity index (χ3n) is 2.03. The van der Waals surface area contributed by atoms with Gasteiger partial charge in [0.2, 0.25) is 0 Å². The van der Waals surface area contributed by atoms with Crippen LogP contribution in [0.5, 0.6) is 0 Å². The first-order valence-electron chi connectivity index (χ1n) is 4.52. The lowest BCUT2D eigenvalue weighted by Gasteiger charge is -2.11. The molecule has 0 amide bonds. The normalized spacial score (nSPS) is 12.1. The van der Waals surface area contributed by atoms with Crippen LogP contribution in [0.2, 0.25) is 5.02 Å². The van der Waals surface area contributed by atoms with Crippen LogP contribution < -0.4 is 11.1 Å². The number of carboxylic acids is 1. The first-order valence-corrected chi connectivity index (χ1v) is 4.90. The molecule has 1 aromatic carbocycles. The lowest BCUT2D eigenvalue weighted by Crippen LogP contribution is -2.20. The molecule has 0 aliphatic rings. The van der Waals surface area contributed by atoms with Gasteiger partial charge in [0.25, 0.3) is 0 Å². The molecule has 4 N–H and O–H groups in total. The predicted molar refractivity (Wildman–Crippen MR) is 61.2 cm³/mol. The number of benzene rings is 1. The van der Waals surface area contributed by atoms with E-state index in [-0.39, 0.29) is 0 Å². The fraction of sp³-hybridized carbons (Fsp3) is 0.300. The summed E-state index contributed by atoms with van der Waals surface area (Å²) in [5, 5.41) is 12.2. The lowest BCUT2D eigenvalue weighted by atomic mass is 10.2. The minimum atomic E-state index is -0.838. The molecule has 0 radical (unpaired) electrons. The summed E-state index contributed by atoms with van der Waals surface area (Å²) in [5.74, 6) is -1.30. The van der Waals surface area contributed by atoms with E-state index in [1.54, 1.807) is 25.1 Å². The molecular formula is C10H13ClN2O2. The summed E-state index contributed by atoms with van der Waals surface area (Å²) < 4.78 is 0. The van der Waals surface area contributed by atoms with Crippen molar-refractivity contribution >= 4 is 28.9 Å². The summed E-state index contributed by atoms with van der Waals surface area (Å²) in [5.41, 5.74) is 6.90. The second-order valence-corrected chi connectivity index (χ2v) is 3.79. The van der Waals surface area contributed by atoms with Gasteiger partial charge in [-0.25, -0.2) is 0 Å². The Balaban J connectivity index is 2.62. The van der Waals surface area contributed by atoms with Gasteiger partial charge in [0.1, 0.15) is 0 Å². The smallest absolute Gasteiger partial charge is 0.308 e. The van der Waals surface area contributed by atoms with Crippen molar-refractivity contribution in [3.63, 3.8) is 0 Å². The Labute approximate surface area is 93.0 Å². The predicted octanol–water partition coefficient (Wildman–Crippen LogP) is 2.05. The molecule has 1 atom stereocenters. The van der Waals surface area contributed by atoms with E-state index >= 15 is 0 Å². The number of carbonyl (C=O) groups is 1. The molecule has 15 heavy (non-hydrogen) atoms. The van der Waals surface area contributed by atoms with Crippen molar-refractivity contribution in [2.45, 2.75) is 6.92 Å². The molecule has 0 bridgehead atoms. The Bertz CT molecular complexity index is 368. The number of rotatable bonds is 4. The molecule has 1 rings (SSSR count). The largest absolute Gasteiger partial charge is 0.481 e. The summed E-state index contributed by atoms with van der Waals surface area (Å²) >= 11 is 5.73. The van der Waals surface area contributed by atoms with Crippen LogP contribution in [0.4, 0.5) is 11.4 Å². The van der Waals surface area contributed by atoms with Gasteiger partial charge in [-0.2, -0.15) is 0 Å². The Hall–Kier alpha value is -1.42. The zero-order valence-corrected chi connectivity index (χ0v) is 9.08. The molecule has 0 saturated carbocycles. The molecular weight excluding hydrogens is 216 g/mol. The van der Waals surface area contributed by atoms with Gasteiger partial charge in [-0.1, -0.05) is 18.5 Å². The quantitative estimate of drug-likeness (QED) is 0.690. The van der Waals surface area contributed by atoms with E-state index in [1.165, 1.54) is 0 Å². The minimum Gasteiger partial charge on any atom is -0.481 e. The number of aliphatic carboxylic acids is 1. The zero-order chi connectivity index (χ0) is 11.4. The van der Waals surface area contributed by atoms with Gasteiger partial charge in [0.05, 0.1) is 17.3 Å². The maximum absolute atomic E-state index is 10.6. The number of carboxylic acid groups (broad SMARTS) is 1. The topological polar surface area (TPSA) is 75.3 Å². The van der Waals surface area contributed by atoms with E-state index < -0.39 is 11.9 Å². The third-order valence-corrected chi connectivity index (χ3v) is 2.27. The Morgan fingerprint density at radius 1 is 1.67 bits per heavy atom. The van der Waals surface area contributed by atoms with E-state index in [4.69, 9.17) is 22.4 Å². The van der Waals surface area contributed by atoms with E-state index in [2.05, 4.69) is 5.32 Å². The highest BCUT2D eigenvalue weighted by Crippen LogP contribution is 2.22. The van der Waals surface area contributed by atoms with E-state index in [0.717, 1.165) is 0 Å². The van der Waals surface area contributed by atoms with Crippen LogP contribution in [0.3, 0.4) is 0 Å². The highest BCUT2D eigenvalue weighted by Gasteiger charge is 2.10. The number of hydrogen-bond acceptors (Lipinski definition) is 3. The highest BCUT2D eigenvalue weighted by atomic mass is 35.5. The summed E-state index contributed by atoms with van der Waals surface area (Å²) in [4.78, 5) is 10.6. The summed E-state index contributed by atoms with van der Waals surface area (Å²) in [6.07, 6.45) is 0. The average molecular weight is 229 g/mol. The number of nitrogens with two attached hydrogens (primary N) is 1. The minimum absolute atomic E-state index is 0.334. The van der Waals surface area contributed by atoms with Crippen LogP contribution >= 0.6 is 11.6 Å². The molecule has 0 aromatic heterocycles. The molecule has 0 fully saturated rings. The summed E-state index contributed by atoms with van der Waals surface area (Å²) in [6.45, 7) is 1.96. The van der Waals surface area contributed by atoms with Crippen LogP contribution in [-0.2, 0) is 4.79 Å². The second-order valence-electron chi connectivity index (χ2n) is 3.35. The molecule has 1 unspecified atom stereocenters. The van der Waals surface area contributed by atoms with Crippen molar-refractivity contribution in [1.29, 1.82) is 0 Å². The number of nitrogen functional groups attached to an aromatic ring is 1. The standard InChI is InChI=1S/C10H13ClN2O2/c1-6(10(14)15)5-13-9-3-2-7(11)4-8(9)12/h2-4,6,13H,5,12H2,1H3,(H,14,15). The zero-order valence-electron chi connectivity index (χ0n) is 8.33. The molecule has 0 spiro atoms. The van der Waals surface area contributed by atoms with Crippen molar-refractivity contribution in [3.8, 4) is 0 Å². The summed E-state index contributed by atoms with van der Waals surface area (Å²) in [7, 11) is 0. The SMILES string of the molecule is CC(CNc1ccc(Cl)cc1N)C(=O)O. The molecule has 5 heteroatoms. The van der Waals surface area contributed by atoms with Crippen LogP contribution in [-0.4, -0.2) is 17.6 Å². The molecule has 4 nitrogen and oxygen atoms in total. The number of halogens is 1. The van der Waals surface area contributed by atoms with Gasteiger partial charge < -0.3 is 16.2 Å². The Morgan fingerprint density at radius 3 is 2.87 bits per heavy atom. The third kappa shape index (κ3) is 3.32. The molecule has 1 aromatic rings. The Kier molecular flexibility index (Phi) is 3.80. The summed E-state index contributed by atoms with van der Waals surface area (Å²) in [6, 6.07) is 5.05. The maximum atomic E-state index is 10.6. The molecule has 0 heterocycles. The molecule has 82 valence electrons. The fourth-order valence-corrected chi connectivity index (χ4v) is 1.23.